The lowest BCUT2D eigenvalue weighted by Crippen LogP contribution is -2.44. The van der Waals surface area contributed by atoms with Gasteiger partial charge in [0.05, 0.1) is 6.26 Å². The van der Waals surface area contributed by atoms with Crippen molar-refractivity contribution in [3.63, 3.8) is 0 Å². The third kappa shape index (κ3) is 4.56. The van der Waals surface area contributed by atoms with Crippen LogP contribution in [0.4, 0.5) is 11.4 Å². The number of rotatable bonds is 7. The lowest BCUT2D eigenvalue weighted by molar-refractivity contribution is -0.118. The molecule has 7 nitrogen and oxygen atoms in total. The van der Waals surface area contributed by atoms with Crippen molar-refractivity contribution in [3.8, 4) is 0 Å². The number of thioether (sulfide) groups is 1. The Balaban J connectivity index is 1.69. The van der Waals surface area contributed by atoms with Gasteiger partial charge in [-0.1, -0.05) is 0 Å². The van der Waals surface area contributed by atoms with Crippen molar-refractivity contribution >= 4 is 40.9 Å². The number of benzene rings is 1. The standard InChI is InChI=1S/C20H23N3O4S/c1-13(24)23-9-7-14-12-15(5-6-17(14)23)21-19(25)16(8-11-28-2)22-20(26)18-4-3-10-27-18/h3-6,10,12,16H,7-9,11H2,1-2H3,(H,21,25)(H,22,26). The van der Waals surface area contributed by atoms with Gasteiger partial charge in [0.2, 0.25) is 11.8 Å². The Hall–Kier alpha value is -2.74. The molecular formula is C20H23N3O4S. The highest BCUT2D eigenvalue weighted by Crippen LogP contribution is 2.30. The second kappa shape index (κ2) is 8.97. The average Bonchev–Trinajstić information content (AvgIpc) is 3.34. The Kier molecular flexibility index (Phi) is 6.41. The van der Waals surface area contributed by atoms with E-state index in [0.717, 1.165) is 23.4 Å². The maximum Gasteiger partial charge on any atom is 0.287 e. The van der Waals surface area contributed by atoms with Crippen LogP contribution >= 0.6 is 11.8 Å². The van der Waals surface area contributed by atoms with E-state index < -0.39 is 11.9 Å². The molecule has 1 aliphatic heterocycles. The van der Waals surface area contributed by atoms with Gasteiger partial charge in [0, 0.05) is 24.8 Å². The number of hydrogen-bond acceptors (Lipinski definition) is 5. The molecule has 2 N–H and O–H groups in total. The summed E-state index contributed by atoms with van der Waals surface area (Å²) in [6.07, 6.45) is 4.62. The van der Waals surface area contributed by atoms with Gasteiger partial charge in [-0.3, -0.25) is 14.4 Å². The Morgan fingerprint density at radius 1 is 1.29 bits per heavy atom. The van der Waals surface area contributed by atoms with E-state index in [9.17, 15) is 14.4 Å². The molecule has 1 unspecified atom stereocenters. The molecule has 0 saturated carbocycles. The first-order valence-electron chi connectivity index (χ1n) is 9.05. The van der Waals surface area contributed by atoms with Crippen molar-refractivity contribution in [3.05, 3.63) is 47.9 Å². The van der Waals surface area contributed by atoms with Gasteiger partial charge in [0.25, 0.3) is 5.91 Å². The molecule has 0 spiro atoms. The molecule has 1 aliphatic rings. The van der Waals surface area contributed by atoms with Crippen LogP contribution in [0.5, 0.6) is 0 Å². The van der Waals surface area contributed by atoms with Crippen LogP contribution in [0.3, 0.4) is 0 Å². The maximum atomic E-state index is 12.8. The summed E-state index contributed by atoms with van der Waals surface area (Å²) in [7, 11) is 0. The van der Waals surface area contributed by atoms with Gasteiger partial charge in [0.15, 0.2) is 5.76 Å². The number of amides is 3. The van der Waals surface area contributed by atoms with E-state index in [1.54, 1.807) is 41.8 Å². The minimum absolute atomic E-state index is 0.00769. The fraction of sp³-hybridized carbons (Fsp3) is 0.350. The van der Waals surface area contributed by atoms with E-state index >= 15 is 0 Å². The van der Waals surface area contributed by atoms with Crippen LogP contribution in [0.1, 0.15) is 29.5 Å². The quantitative estimate of drug-likeness (QED) is 0.744. The third-order valence-corrected chi connectivity index (χ3v) is 5.24. The van der Waals surface area contributed by atoms with Crippen LogP contribution in [0.15, 0.2) is 41.0 Å². The largest absolute Gasteiger partial charge is 0.459 e. The lowest BCUT2D eigenvalue weighted by Gasteiger charge is -2.18. The normalized spacial score (nSPS) is 13.7. The monoisotopic (exact) mass is 401 g/mol. The van der Waals surface area contributed by atoms with Crippen molar-refractivity contribution in [1.29, 1.82) is 0 Å². The van der Waals surface area contributed by atoms with Gasteiger partial charge >= 0.3 is 0 Å². The van der Waals surface area contributed by atoms with Gasteiger partial charge < -0.3 is 20.0 Å². The van der Waals surface area contributed by atoms with Crippen LogP contribution < -0.4 is 15.5 Å². The Labute approximate surface area is 167 Å². The first-order chi connectivity index (χ1) is 13.5. The number of furan rings is 1. The molecule has 148 valence electrons. The average molecular weight is 401 g/mol. The molecule has 2 aromatic rings. The number of fused-ring (bicyclic) bond motifs is 1. The minimum atomic E-state index is -0.674. The molecule has 0 fully saturated rings. The first-order valence-corrected chi connectivity index (χ1v) is 10.4. The number of anilines is 2. The molecule has 3 amide bonds. The molecule has 1 aromatic heterocycles. The van der Waals surface area contributed by atoms with Gasteiger partial charge in [-0.2, -0.15) is 11.8 Å². The molecular weight excluding hydrogens is 378 g/mol. The van der Waals surface area contributed by atoms with E-state index in [2.05, 4.69) is 10.6 Å². The van der Waals surface area contributed by atoms with Crippen LogP contribution in [-0.2, 0) is 16.0 Å². The van der Waals surface area contributed by atoms with Crippen molar-refractivity contribution in [2.75, 3.05) is 28.8 Å². The van der Waals surface area contributed by atoms with Gasteiger partial charge in [-0.25, -0.2) is 0 Å². The Morgan fingerprint density at radius 3 is 2.79 bits per heavy atom. The fourth-order valence-corrected chi connectivity index (χ4v) is 3.65. The van der Waals surface area contributed by atoms with E-state index in [1.165, 1.54) is 6.26 Å². The van der Waals surface area contributed by atoms with E-state index in [0.29, 0.717) is 18.7 Å². The smallest absolute Gasteiger partial charge is 0.287 e. The number of nitrogens with zero attached hydrogens (tertiary/aromatic N) is 1. The number of carbonyl (C=O) groups is 3. The van der Waals surface area contributed by atoms with Crippen molar-refractivity contribution in [2.24, 2.45) is 0 Å². The van der Waals surface area contributed by atoms with Crippen LogP contribution in [0.25, 0.3) is 0 Å². The summed E-state index contributed by atoms with van der Waals surface area (Å²) in [5.74, 6) is 0.207. The molecule has 3 rings (SSSR count). The highest BCUT2D eigenvalue weighted by Gasteiger charge is 2.25. The Bertz CT molecular complexity index is 866. The fourth-order valence-electron chi connectivity index (χ4n) is 3.18. The molecule has 0 saturated heterocycles. The second-order valence-corrected chi connectivity index (χ2v) is 7.52. The summed E-state index contributed by atoms with van der Waals surface area (Å²) < 4.78 is 5.10. The predicted molar refractivity (Wildman–Crippen MR) is 110 cm³/mol. The SMILES string of the molecule is CSCCC(NC(=O)c1ccco1)C(=O)Nc1ccc2c(c1)CCN2C(C)=O. The van der Waals surface area contributed by atoms with Crippen molar-refractivity contribution < 1.29 is 18.8 Å². The summed E-state index contributed by atoms with van der Waals surface area (Å²) in [5.41, 5.74) is 2.55. The summed E-state index contributed by atoms with van der Waals surface area (Å²) >= 11 is 1.61. The Morgan fingerprint density at radius 2 is 2.11 bits per heavy atom. The maximum absolute atomic E-state index is 12.8. The zero-order chi connectivity index (χ0) is 20.1. The molecule has 1 atom stereocenters. The third-order valence-electron chi connectivity index (χ3n) is 4.60. The second-order valence-electron chi connectivity index (χ2n) is 6.54. The van der Waals surface area contributed by atoms with Crippen molar-refractivity contribution in [2.45, 2.75) is 25.8 Å². The summed E-state index contributed by atoms with van der Waals surface area (Å²) in [6, 6.07) is 8.01. The number of nitrogens with one attached hydrogen (secondary N) is 2. The summed E-state index contributed by atoms with van der Waals surface area (Å²) in [6.45, 7) is 2.19. The van der Waals surface area contributed by atoms with Crippen LogP contribution in [-0.4, -0.2) is 42.3 Å². The number of carbonyl (C=O) groups excluding carboxylic acids is 3. The summed E-state index contributed by atoms with van der Waals surface area (Å²) in [4.78, 5) is 38.4. The molecule has 0 radical (unpaired) electrons. The molecule has 8 heteroatoms. The topological polar surface area (TPSA) is 91.7 Å². The molecule has 0 bridgehead atoms. The zero-order valence-corrected chi connectivity index (χ0v) is 16.7. The zero-order valence-electron chi connectivity index (χ0n) is 15.9. The van der Waals surface area contributed by atoms with Gasteiger partial charge in [0.1, 0.15) is 6.04 Å². The highest BCUT2D eigenvalue weighted by atomic mass is 32.2. The van der Waals surface area contributed by atoms with E-state index in [4.69, 9.17) is 4.42 Å². The van der Waals surface area contributed by atoms with Crippen LogP contribution in [0, 0.1) is 0 Å². The van der Waals surface area contributed by atoms with Gasteiger partial charge in [-0.15, -0.1) is 0 Å². The molecule has 0 aliphatic carbocycles. The molecule has 28 heavy (non-hydrogen) atoms. The predicted octanol–water partition coefficient (Wildman–Crippen LogP) is 2.68. The number of hydrogen-bond donors (Lipinski definition) is 2. The van der Waals surface area contributed by atoms with E-state index in [-0.39, 0.29) is 17.6 Å². The molecule has 2 heterocycles. The lowest BCUT2D eigenvalue weighted by atomic mass is 10.1. The molecule has 1 aromatic carbocycles. The van der Waals surface area contributed by atoms with E-state index in [1.807, 2.05) is 18.4 Å². The van der Waals surface area contributed by atoms with Crippen LogP contribution in [0.2, 0.25) is 0 Å². The minimum Gasteiger partial charge on any atom is -0.459 e. The van der Waals surface area contributed by atoms with Crippen molar-refractivity contribution in [1.82, 2.24) is 5.32 Å². The summed E-state index contributed by atoms with van der Waals surface area (Å²) in [5, 5.41) is 5.62. The highest BCUT2D eigenvalue weighted by molar-refractivity contribution is 7.98. The first kappa shape index (κ1) is 20.0. The van der Waals surface area contributed by atoms with Gasteiger partial charge in [-0.05, 0) is 60.7 Å².